The molecule has 0 fully saturated rings. The quantitative estimate of drug-likeness (QED) is 0.273. The molecule has 0 radical (unpaired) electrons. The van der Waals surface area contributed by atoms with Gasteiger partial charge in [0.05, 0.1) is 17.3 Å². The fourth-order valence-electron chi connectivity index (χ4n) is 3.84. The van der Waals surface area contributed by atoms with Crippen LogP contribution in [0.5, 0.6) is 0 Å². The van der Waals surface area contributed by atoms with Crippen molar-refractivity contribution in [3.05, 3.63) is 101 Å². The maximum atomic E-state index is 14.3. The maximum Gasteiger partial charge on any atom is 0.240 e. The lowest BCUT2D eigenvalue weighted by atomic mass is 9.96. The molecule has 1 unspecified atom stereocenters. The van der Waals surface area contributed by atoms with E-state index < -0.39 is 17.6 Å². The van der Waals surface area contributed by atoms with Crippen molar-refractivity contribution in [3.63, 3.8) is 0 Å². The third-order valence-electron chi connectivity index (χ3n) is 5.62. The zero-order valence-corrected chi connectivity index (χ0v) is 20.2. The van der Waals surface area contributed by atoms with Gasteiger partial charge in [0, 0.05) is 10.9 Å². The number of benzene rings is 3. The van der Waals surface area contributed by atoms with Crippen LogP contribution < -0.4 is 4.90 Å². The average molecular weight is 477 g/mol. The number of rotatable bonds is 7. The van der Waals surface area contributed by atoms with Crippen molar-refractivity contribution in [2.75, 3.05) is 4.90 Å². The summed E-state index contributed by atoms with van der Waals surface area (Å²) in [6.07, 6.45) is 0.983. The van der Waals surface area contributed by atoms with Gasteiger partial charge in [-0.2, -0.15) is 0 Å². The first-order chi connectivity index (χ1) is 16.3. The van der Waals surface area contributed by atoms with Crippen LogP contribution in [-0.4, -0.2) is 10.9 Å². The van der Waals surface area contributed by atoms with E-state index in [1.165, 1.54) is 16.9 Å². The lowest BCUT2D eigenvalue weighted by Crippen LogP contribution is -2.30. The molecule has 3 aromatic carbocycles. The van der Waals surface area contributed by atoms with E-state index >= 15 is 0 Å². The molecular weight excluding hydrogens is 450 g/mol. The fourth-order valence-corrected chi connectivity index (χ4v) is 4.69. The molecule has 0 aliphatic heterocycles. The Balaban J connectivity index is 1.68. The van der Waals surface area contributed by atoms with Gasteiger partial charge in [-0.25, -0.2) is 13.8 Å². The molecule has 4 rings (SSSR count). The number of para-hydroxylation sites is 1. The fraction of sp³-hybridized carbons (Fsp3) is 0.214. The standard InChI is InChI=1S/C28H26F2N2OS/c1-18(2)15-20-9-11-21(12-10-20)19(3)27(33)32(23-7-5-4-6-8-23)28-31-26(17-34-28)24-16-22(29)13-14-25(24)30/h4-14,16-19H,15H2,1-3H3. The molecule has 0 bridgehead atoms. The van der Waals surface area contributed by atoms with E-state index in [9.17, 15) is 13.6 Å². The highest BCUT2D eigenvalue weighted by atomic mass is 32.1. The first-order valence-corrected chi connectivity index (χ1v) is 12.1. The van der Waals surface area contributed by atoms with Gasteiger partial charge in [0.25, 0.3) is 0 Å². The van der Waals surface area contributed by atoms with Crippen LogP contribution >= 0.6 is 11.3 Å². The summed E-state index contributed by atoms with van der Waals surface area (Å²) in [4.78, 5) is 19.8. The highest BCUT2D eigenvalue weighted by Gasteiger charge is 2.27. The van der Waals surface area contributed by atoms with Crippen molar-refractivity contribution in [2.45, 2.75) is 33.1 Å². The topological polar surface area (TPSA) is 33.2 Å². The zero-order chi connectivity index (χ0) is 24.2. The molecule has 0 spiro atoms. The van der Waals surface area contributed by atoms with Gasteiger partial charge in [0.2, 0.25) is 5.91 Å². The molecule has 4 aromatic rings. The van der Waals surface area contributed by atoms with Crippen molar-refractivity contribution in [2.24, 2.45) is 5.92 Å². The third kappa shape index (κ3) is 5.23. The summed E-state index contributed by atoms with van der Waals surface area (Å²) in [7, 11) is 0. The number of nitrogens with zero attached hydrogens (tertiary/aromatic N) is 2. The molecule has 0 aliphatic carbocycles. The number of halogens is 2. The predicted molar refractivity (Wildman–Crippen MR) is 134 cm³/mol. The molecule has 0 saturated heterocycles. The summed E-state index contributed by atoms with van der Waals surface area (Å²) in [6, 6.07) is 20.6. The van der Waals surface area contributed by atoms with Crippen LogP contribution in [0.1, 0.15) is 37.8 Å². The third-order valence-corrected chi connectivity index (χ3v) is 6.44. The van der Waals surface area contributed by atoms with Crippen molar-refractivity contribution >= 4 is 28.1 Å². The largest absolute Gasteiger partial charge is 0.273 e. The summed E-state index contributed by atoms with van der Waals surface area (Å²) in [5.74, 6) is -1.13. The van der Waals surface area contributed by atoms with Crippen LogP contribution in [0.3, 0.4) is 0 Å². The molecule has 1 aromatic heterocycles. The zero-order valence-electron chi connectivity index (χ0n) is 19.3. The summed E-state index contributed by atoms with van der Waals surface area (Å²) in [5, 5.41) is 2.04. The van der Waals surface area contributed by atoms with Gasteiger partial charge in [-0.3, -0.25) is 9.69 Å². The SMILES string of the molecule is CC(C)Cc1ccc(C(C)C(=O)N(c2ccccc2)c2nc(-c3cc(F)ccc3F)cs2)cc1. The number of hydrogen-bond acceptors (Lipinski definition) is 3. The van der Waals surface area contributed by atoms with Gasteiger partial charge >= 0.3 is 0 Å². The lowest BCUT2D eigenvalue weighted by Gasteiger charge is -2.24. The van der Waals surface area contributed by atoms with E-state index in [2.05, 4.69) is 31.0 Å². The van der Waals surface area contributed by atoms with E-state index in [0.29, 0.717) is 16.7 Å². The first kappa shape index (κ1) is 23.8. The Labute approximate surface area is 202 Å². The first-order valence-electron chi connectivity index (χ1n) is 11.2. The minimum Gasteiger partial charge on any atom is -0.273 e. The summed E-state index contributed by atoms with van der Waals surface area (Å²) in [5.41, 5.74) is 3.16. The molecule has 0 saturated carbocycles. The highest BCUT2D eigenvalue weighted by Crippen LogP contribution is 2.35. The second-order valence-corrected chi connectivity index (χ2v) is 9.55. The minimum absolute atomic E-state index is 0.0664. The van der Waals surface area contributed by atoms with Crippen molar-refractivity contribution in [3.8, 4) is 11.3 Å². The molecular formula is C28H26F2N2OS. The Morgan fingerprint density at radius 1 is 0.971 bits per heavy atom. The summed E-state index contributed by atoms with van der Waals surface area (Å²) in [6.45, 7) is 6.22. The van der Waals surface area contributed by atoms with E-state index in [1.807, 2.05) is 49.4 Å². The van der Waals surface area contributed by atoms with E-state index in [1.54, 1.807) is 10.3 Å². The summed E-state index contributed by atoms with van der Waals surface area (Å²) < 4.78 is 28.1. The normalized spacial score (nSPS) is 12.1. The van der Waals surface area contributed by atoms with Crippen LogP contribution in [0.4, 0.5) is 19.6 Å². The molecule has 0 N–H and O–H groups in total. The van der Waals surface area contributed by atoms with Gasteiger partial charge in [-0.15, -0.1) is 11.3 Å². The monoisotopic (exact) mass is 476 g/mol. The Bertz CT molecular complexity index is 1270. The molecule has 1 atom stereocenters. The van der Waals surface area contributed by atoms with Gasteiger partial charge in [-0.1, -0.05) is 56.3 Å². The van der Waals surface area contributed by atoms with Crippen molar-refractivity contribution in [1.82, 2.24) is 4.98 Å². The number of carbonyl (C=O) groups is 1. The number of thiazole rings is 1. The smallest absolute Gasteiger partial charge is 0.240 e. The molecule has 174 valence electrons. The van der Waals surface area contributed by atoms with E-state index in [-0.39, 0.29) is 17.2 Å². The molecule has 1 heterocycles. The van der Waals surface area contributed by atoms with Crippen molar-refractivity contribution < 1.29 is 13.6 Å². The predicted octanol–water partition coefficient (Wildman–Crippen LogP) is 7.76. The second kappa shape index (κ2) is 10.3. The van der Waals surface area contributed by atoms with Crippen LogP contribution in [0.2, 0.25) is 0 Å². The van der Waals surface area contributed by atoms with Gasteiger partial charge < -0.3 is 0 Å². The maximum absolute atomic E-state index is 14.3. The van der Waals surface area contributed by atoms with Crippen molar-refractivity contribution in [1.29, 1.82) is 0 Å². The van der Waals surface area contributed by atoms with Gasteiger partial charge in [0.1, 0.15) is 11.6 Å². The lowest BCUT2D eigenvalue weighted by molar-refractivity contribution is -0.119. The second-order valence-electron chi connectivity index (χ2n) is 8.71. The minimum atomic E-state index is -0.564. The molecule has 34 heavy (non-hydrogen) atoms. The Hall–Kier alpha value is -3.38. The highest BCUT2D eigenvalue weighted by molar-refractivity contribution is 7.14. The molecule has 3 nitrogen and oxygen atoms in total. The average Bonchev–Trinajstić information content (AvgIpc) is 3.30. The number of carbonyl (C=O) groups excluding carboxylic acids is 1. The van der Waals surface area contributed by atoms with Crippen LogP contribution in [0.25, 0.3) is 11.3 Å². The van der Waals surface area contributed by atoms with Crippen LogP contribution in [0, 0.1) is 17.6 Å². The Morgan fingerprint density at radius 3 is 2.35 bits per heavy atom. The Morgan fingerprint density at radius 2 is 1.68 bits per heavy atom. The molecule has 0 aliphatic rings. The molecule has 6 heteroatoms. The number of aromatic nitrogens is 1. The number of anilines is 2. The number of amides is 1. The van der Waals surface area contributed by atoms with Gasteiger partial charge in [0.15, 0.2) is 5.13 Å². The van der Waals surface area contributed by atoms with E-state index in [4.69, 9.17) is 0 Å². The molecule has 1 amide bonds. The van der Waals surface area contributed by atoms with E-state index in [0.717, 1.165) is 30.2 Å². The Kier molecular flexibility index (Phi) is 7.17. The van der Waals surface area contributed by atoms with Crippen LogP contribution in [-0.2, 0) is 11.2 Å². The van der Waals surface area contributed by atoms with Crippen LogP contribution in [0.15, 0.2) is 78.2 Å². The van der Waals surface area contributed by atoms with Gasteiger partial charge in [-0.05, 0) is 60.7 Å². The summed E-state index contributed by atoms with van der Waals surface area (Å²) >= 11 is 1.22. The number of hydrogen-bond donors (Lipinski definition) is 0.